The Morgan fingerprint density at radius 3 is 2.71 bits per heavy atom. The van der Waals surface area contributed by atoms with Gasteiger partial charge in [-0.2, -0.15) is 9.97 Å². The van der Waals surface area contributed by atoms with Gasteiger partial charge >= 0.3 is 6.01 Å². The molecule has 150 valence electrons. The number of halogens is 1. The number of hydrogen-bond acceptors (Lipinski definition) is 8. The zero-order valence-corrected chi connectivity index (χ0v) is 17.4. The van der Waals surface area contributed by atoms with Crippen LogP contribution in [0.15, 0.2) is 12.2 Å². The van der Waals surface area contributed by atoms with E-state index < -0.39 is 12.3 Å². The van der Waals surface area contributed by atoms with Gasteiger partial charge < -0.3 is 20.3 Å². The Morgan fingerprint density at radius 2 is 2.11 bits per heavy atom. The number of anilines is 2. The van der Waals surface area contributed by atoms with E-state index >= 15 is 0 Å². The summed E-state index contributed by atoms with van der Waals surface area (Å²) in [6, 6.07) is 0.143. The third-order valence-corrected chi connectivity index (χ3v) is 5.37. The van der Waals surface area contributed by atoms with Gasteiger partial charge in [0, 0.05) is 22.6 Å². The molecule has 0 spiro atoms. The first kappa shape index (κ1) is 19.3. The molecular formula is C17H21IN6O4. The lowest BCUT2D eigenvalue weighted by Gasteiger charge is -2.19. The second-order valence-corrected chi connectivity index (χ2v) is 7.96. The van der Waals surface area contributed by atoms with Crippen LogP contribution in [0.25, 0.3) is 11.2 Å². The van der Waals surface area contributed by atoms with Crippen LogP contribution in [0, 0.1) is 0 Å². The molecule has 2 aliphatic rings. The molecule has 28 heavy (non-hydrogen) atoms. The maximum Gasteiger partial charge on any atom is 0.320 e. The molecule has 1 aliphatic carbocycles. The predicted molar refractivity (Wildman–Crippen MR) is 110 cm³/mol. The average molecular weight is 500 g/mol. The Labute approximate surface area is 174 Å². The van der Waals surface area contributed by atoms with Crippen LogP contribution in [0.5, 0.6) is 6.01 Å². The Morgan fingerprint density at radius 1 is 1.39 bits per heavy atom. The van der Waals surface area contributed by atoms with Gasteiger partial charge in [-0.15, -0.1) is 0 Å². The minimum Gasteiger partial charge on any atom is -0.460 e. The summed E-state index contributed by atoms with van der Waals surface area (Å²) in [7, 11) is 0. The van der Waals surface area contributed by atoms with Crippen LogP contribution in [0.2, 0.25) is 0 Å². The highest BCUT2D eigenvalue weighted by molar-refractivity contribution is 14.1. The van der Waals surface area contributed by atoms with E-state index in [1.165, 1.54) is 4.57 Å². The number of nitrogens with zero attached hydrogens (tertiary/aromatic N) is 4. The van der Waals surface area contributed by atoms with Gasteiger partial charge in [0.25, 0.3) is 3.91 Å². The number of aliphatic hydroxyl groups is 1. The lowest BCUT2D eigenvalue weighted by Crippen LogP contribution is -2.23. The van der Waals surface area contributed by atoms with Crippen molar-refractivity contribution < 1.29 is 19.4 Å². The molecule has 3 heterocycles. The Balaban J connectivity index is 1.82. The van der Waals surface area contributed by atoms with Crippen molar-refractivity contribution in [2.45, 2.75) is 57.1 Å². The van der Waals surface area contributed by atoms with E-state index in [4.69, 9.17) is 15.2 Å². The number of hydrogen-bond donors (Lipinski definition) is 3. The van der Waals surface area contributed by atoms with Crippen molar-refractivity contribution in [2.75, 3.05) is 11.1 Å². The highest BCUT2D eigenvalue weighted by Crippen LogP contribution is 2.37. The van der Waals surface area contributed by atoms with Gasteiger partial charge in [0.1, 0.15) is 12.2 Å². The first-order chi connectivity index (χ1) is 13.3. The fraction of sp³-hybridized carbons (Fsp3) is 0.529. The molecule has 10 nitrogen and oxygen atoms in total. The second kappa shape index (κ2) is 7.44. The number of amides is 1. The Bertz CT molecular complexity index is 941. The van der Waals surface area contributed by atoms with Crippen LogP contribution < -0.4 is 15.8 Å². The number of aromatic nitrogens is 4. The zero-order valence-electron chi connectivity index (χ0n) is 15.3. The van der Waals surface area contributed by atoms with Gasteiger partial charge in [0.15, 0.2) is 23.2 Å². The van der Waals surface area contributed by atoms with Crippen molar-refractivity contribution >= 4 is 49.4 Å². The molecule has 0 radical (unpaired) electrons. The van der Waals surface area contributed by atoms with Crippen molar-refractivity contribution in [1.82, 2.24) is 19.5 Å². The van der Waals surface area contributed by atoms with Crippen molar-refractivity contribution in [2.24, 2.45) is 0 Å². The van der Waals surface area contributed by atoms with E-state index in [1.807, 2.05) is 0 Å². The minimum atomic E-state index is -0.993. The lowest BCUT2D eigenvalue weighted by molar-refractivity contribution is -0.0284. The van der Waals surface area contributed by atoms with Crippen molar-refractivity contribution in [3.63, 3.8) is 0 Å². The molecule has 4 N–H and O–H groups in total. The van der Waals surface area contributed by atoms with Crippen LogP contribution in [0.3, 0.4) is 0 Å². The third-order valence-electron chi connectivity index (χ3n) is 5.10. The largest absolute Gasteiger partial charge is 0.460 e. The summed E-state index contributed by atoms with van der Waals surface area (Å²) < 4.78 is 12.9. The molecule has 0 bridgehead atoms. The highest BCUT2D eigenvalue weighted by atomic mass is 127. The van der Waals surface area contributed by atoms with Crippen molar-refractivity contribution in [1.29, 1.82) is 0 Å². The molecule has 3 atom stereocenters. The first-order valence-corrected chi connectivity index (χ1v) is 10.1. The molecule has 1 amide bonds. The van der Waals surface area contributed by atoms with Crippen molar-refractivity contribution in [3.05, 3.63) is 12.2 Å². The molecule has 1 unspecified atom stereocenters. The SMILES string of the molecule is C=C1[C@@H](O)C(n2c(NC(=O)I)nc3c(N)nc(OC4CCCC4)nc32)O[C@@H]1C. The van der Waals surface area contributed by atoms with E-state index in [0.717, 1.165) is 25.7 Å². The lowest BCUT2D eigenvalue weighted by atomic mass is 10.1. The summed E-state index contributed by atoms with van der Waals surface area (Å²) in [6.45, 7) is 5.66. The molecule has 1 saturated carbocycles. The van der Waals surface area contributed by atoms with Crippen LogP contribution in [0.4, 0.5) is 16.6 Å². The monoisotopic (exact) mass is 500 g/mol. The van der Waals surface area contributed by atoms with Gasteiger partial charge in [-0.1, -0.05) is 6.58 Å². The first-order valence-electron chi connectivity index (χ1n) is 9.06. The maximum atomic E-state index is 11.7. The van der Waals surface area contributed by atoms with Crippen LogP contribution >= 0.6 is 22.6 Å². The van der Waals surface area contributed by atoms with E-state index in [1.54, 1.807) is 29.5 Å². The molecule has 1 aliphatic heterocycles. The quantitative estimate of drug-likeness (QED) is 0.252. The predicted octanol–water partition coefficient (Wildman–Crippen LogP) is 2.53. The van der Waals surface area contributed by atoms with Gasteiger partial charge in [-0.25, -0.2) is 4.98 Å². The number of carbonyl (C=O) groups is 1. The fourth-order valence-electron chi connectivity index (χ4n) is 3.60. The second-order valence-electron chi connectivity index (χ2n) is 6.98. The number of rotatable bonds is 4. The zero-order chi connectivity index (χ0) is 20.0. The van der Waals surface area contributed by atoms with E-state index in [-0.39, 0.29) is 33.9 Å². The van der Waals surface area contributed by atoms with Crippen LogP contribution in [0.1, 0.15) is 38.8 Å². The molecule has 0 aromatic carbocycles. The van der Waals surface area contributed by atoms with Crippen LogP contribution in [-0.4, -0.2) is 46.9 Å². The van der Waals surface area contributed by atoms with Crippen molar-refractivity contribution in [3.8, 4) is 6.01 Å². The maximum absolute atomic E-state index is 11.7. The van der Waals surface area contributed by atoms with E-state index in [9.17, 15) is 9.90 Å². The minimum absolute atomic E-state index is 0.0508. The molecule has 1 saturated heterocycles. The van der Waals surface area contributed by atoms with E-state index in [0.29, 0.717) is 16.7 Å². The number of nitrogen functional groups attached to an aromatic ring is 1. The summed E-state index contributed by atoms with van der Waals surface area (Å²) in [6.07, 6.45) is 1.93. The molecular weight excluding hydrogens is 479 g/mol. The summed E-state index contributed by atoms with van der Waals surface area (Å²) in [5, 5.41) is 13.2. The van der Waals surface area contributed by atoms with Gasteiger partial charge in [0.2, 0.25) is 5.95 Å². The molecule has 2 fully saturated rings. The standard InChI is InChI=1S/C17H21IN6O4/c1-7-8(2)27-14(11(7)25)24-13-10(20-16(24)23-15(18)26)12(19)21-17(22-13)28-9-5-3-4-6-9/h8-9,11,14,25H,1,3-6H2,2H3,(H2,19,21,22)(H,20,23,26)/t8-,11-,14?/m1/s1. The Hall–Kier alpha value is -1.99. The fourth-order valence-corrected chi connectivity index (χ4v) is 3.84. The number of ether oxygens (including phenoxy) is 2. The topological polar surface area (TPSA) is 137 Å². The number of nitrogens with one attached hydrogen (secondary N) is 1. The van der Waals surface area contributed by atoms with Gasteiger partial charge in [0.05, 0.1) is 6.10 Å². The average Bonchev–Trinajstić information content (AvgIpc) is 3.31. The third kappa shape index (κ3) is 3.42. The summed E-state index contributed by atoms with van der Waals surface area (Å²) >= 11 is 1.60. The summed E-state index contributed by atoms with van der Waals surface area (Å²) in [5.41, 5.74) is 7.22. The molecule has 11 heteroatoms. The smallest absolute Gasteiger partial charge is 0.320 e. The molecule has 2 aromatic heterocycles. The Kier molecular flexibility index (Phi) is 5.14. The van der Waals surface area contributed by atoms with Gasteiger partial charge in [-0.3, -0.25) is 14.7 Å². The number of nitrogens with two attached hydrogens (primary N) is 1. The number of carbonyl (C=O) groups excluding carboxylic acids is 1. The highest BCUT2D eigenvalue weighted by Gasteiger charge is 2.39. The van der Waals surface area contributed by atoms with Crippen LogP contribution in [-0.2, 0) is 4.74 Å². The number of imidazole rings is 1. The number of fused-ring (bicyclic) bond motifs is 1. The van der Waals surface area contributed by atoms with Gasteiger partial charge in [-0.05, 0) is 38.2 Å². The van der Waals surface area contributed by atoms with E-state index in [2.05, 4.69) is 26.8 Å². The number of aliphatic hydroxyl groups excluding tert-OH is 1. The molecule has 4 rings (SSSR count). The molecule has 2 aromatic rings. The summed E-state index contributed by atoms with van der Waals surface area (Å²) in [5.74, 6) is 0.277. The normalized spacial score (nSPS) is 25.5. The summed E-state index contributed by atoms with van der Waals surface area (Å²) in [4.78, 5) is 24.7.